The van der Waals surface area contributed by atoms with E-state index in [4.69, 9.17) is 4.74 Å². The van der Waals surface area contributed by atoms with Gasteiger partial charge in [0.05, 0.1) is 5.41 Å². The fraction of sp³-hybridized carbons (Fsp3) is 0.0400. The molecule has 0 bridgehead atoms. The highest BCUT2D eigenvalue weighted by Gasteiger charge is 2.51. The molecule has 240 valence electrons. The Balaban J connectivity index is 1.15. The predicted octanol–water partition coefficient (Wildman–Crippen LogP) is 12.6. The molecule has 8 aromatic rings. The van der Waals surface area contributed by atoms with Crippen LogP contribution in [0, 0.1) is 0 Å². The van der Waals surface area contributed by atoms with Gasteiger partial charge in [0.2, 0.25) is 0 Å². The van der Waals surface area contributed by atoms with Gasteiger partial charge in [0.1, 0.15) is 11.5 Å². The number of fused-ring (bicyclic) bond motifs is 11. The number of benzene rings is 8. The van der Waals surface area contributed by atoms with E-state index in [1.165, 1.54) is 77.5 Å². The fourth-order valence-electron chi connectivity index (χ4n) is 8.54. The standard InChI is InChI=1S/C50H34O/c1-3-13-34(14-4-1)23-30-40(36-15-5-2-6-16-36)38-26-24-35(25-27-38)39-28-31-42-46(33-39)50(45-32-29-37-17-7-8-18-41(37)49(42)45)43-19-9-11-21-47(43)51-48-22-12-10-20-44(48)50/h1-22,24-33H,23H2/b40-30+. The molecule has 1 heteroatoms. The first-order valence-electron chi connectivity index (χ1n) is 17.7. The Morgan fingerprint density at radius 2 is 1.08 bits per heavy atom. The summed E-state index contributed by atoms with van der Waals surface area (Å²) in [6.45, 7) is 0. The maximum atomic E-state index is 6.61. The Morgan fingerprint density at radius 1 is 0.471 bits per heavy atom. The number of hydrogen-bond acceptors (Lipinski definition) is 1. The molecular formula is C50H34O. The van der Waals surface area contributed by atoms with Crippen LogP contribution in [0.5, 0.6) is 11.5 Å². The minimum atomic E-state index is -0.517. The summed E-state index contributed by atoms with van der Waals surface area (Å²) in [4.78, 5) is 0. The summed E-state index contributed by atoms with van der Waals surface area (Å²) in [5, 5.41) is 2.53. The highest BCUT2D eigenvalue weighted by molar-refractivity contribution is 6.05. The highest BCUT2D eigenvalue weighted by atomic mass is 16.5. The number of ether oxygens (including phenoxy) is 1. The van der Waals surface area contributed by atoms with Gasteiger partial charge in [-0.2, -0.15) is 0 Å². The minimum Gasteiger partial charge on any atom is -0.457 e. The first kappa shape index (κ1) is 29.5. The zero-order chi connectivity index (χ0) is 33.8. The average molecular weight is 651 g/mol. The summed E-state index contributed by atoms with van der Waals surface area (Å²) in [6.07, 6.45) is 3.24. The molecule has 0 N–H and O–H groups in total. The van der Waals surface area contributed by atoms with Crippen LogP contribution in [-0.4, -0.2) is 0 Å². The van der Waals surface area contributed by atoms with Gasteiger partial charge in [-0.05, 0) is 91.0 Å². The SMILES string of the molecule is C(/Cc1ccccc1)=C(/c1ccccc1)c1ccc(-c2ccc3c(c2)C2(c4ccccc4Oc4ccccc42)c2ccc4ccccc4c2-3)cc1. The summed E-state index contributed by atoms with van der Waals surface area (Å²) >= 11 is 0. The molecule has 51 heavy (non-hydrogen) atoms. The van der Waals surface area contributed by atoms with Crippen molar-refractivity contribution in [3.05, 3.63) is 233 Å². The topological polar surface area (TPSA) is 9.23 Å². The molecule has 1 aliphatic carbocycles. The second-order valence-electron chi connectivity index (χ2n) is 13.6. The molecule has 2 aliphatic rings. The van der Waals surface area contributed by atoms with Crippen LogP contribution in [0.1, 0.15) is 38.9 Å². The molecule has 0 saturated heterocycles. The van der Waals surface area contributed by atoms with E-state index in [9.17, 15) is 0 Å². The van der Waals surface area contributed by atoms with Crippen molar-refractivity contribution in [3.63, 3.8) is 0 Å². The Morgan fingerprint density at radius 3 is 1.82 bits per heavy atom. The van der Waals surface area contributed by atoms with Gasteiger partial charge in [0.15, 0.2) is 0 Å². The largest absolute Gasteiger partial charge is 0.457 e. The molecule has 1 spiro atoms. The van der Waals surface area contributed by atoms with Gasteiger partial charge in [-0.25, -0.2) is 0 Å². The van der Waals surface area contributed by atoms with Gasteiger partial charge in [0.25, 0.3) is 0 Å². The van der Waals surface area contributed by atoms with Crippen molar-refractivity contribution < 1.29 is 4.74 Å². The number of hydrogen-bond donors (Lipinski definition) is 0. The van der Waals surface area contributed by atoms with E-state index in [1.807, 2.05) is 0 Å². The van der Waals surface area contributed by atoms with E-state index >= 15 is 0 Å². The van der Waals surface area contributed by atoms with Crippen LogP contribution in [0.2, 0.25) is 0 Å². The maximum Gasteiger partial charge on any atom is 0.132 e. The van der Waals surface area contributed by atoms with E-state index < -0.39 is 5.41 Å². The summed E-state index contributed by atoms with van der Waals surface area (Å²) in [7, 11) is 0. The van der Waals surface area contributed by atoms with Crippen molar-refractivity contribution >= 4 is 16.3 Å². The van der Waals surface area contributed by atoms with Gasteiger partial charge in [-0.3, -0.25) is 0 Å². The lowest BCUT2D eigenvalue weighted by Crippen LogP contribution is -2.32. The summed E-state index contributed by atoms with van der Waals surface area (Å²) in [5.74, 6) is 1.82. The lowest BCUT2D eigenvalue weighted by atomic mass is 9.66. The third-order valence-corrected chi connectivity index (χ3v) is 10.8. The summed E-state index contributed by atoms with van der Waals surface area (Å²) < 4.78 is 6.61. The maximum absolute atomic E-state index is 6.61. The second kappa shape index (κ2) is 11.9. The monoisotopic (exact) mass is 650 g/mol. The highest BCUT2D eigenvalue weighted by Crippen LogP contribution is 2.63. The molecule has 0 unspecified atom stereocenters. The predicted molar refractivity (Wildman–Crippen MR) is 210 cm³/mol. The van der Waals surface area contributed by atoms with Crippen molar-refractivity contribution in [2.24, 2.45) is 0 Å². The molecule has 1 aliphatic heterocycles. The Labute approximate surface area is 298 Å². The smallest absolute Gasteiger partial charge is 0.132 e. The van der Waals surface area contributed by atoms with E-state index in [1.54, 1.807) is 0 Å². The van der Waals surface area contributed by atoms with Crippen LogP contribution >= 0.6 is 0 Å². The molecule has 0 aromatic heterocycles. The Kier molecular flexibility index (Phi) is 6.85. The van der Waals surface area contributed by atoms with E-state index in [0.717, 1.165) is 17.9 Å². The molecule has 0 saturated carbocycles. The zero-order valence-corrected chi connectivity index (χ0v) is 28.1. The molecule has 8 aromatic carbocycles. The van der Waals surface area contributed by atoms with Gasteiger partial charge in [-0.1, -0.05) is 176 Å². The molecular weight excluding hydrogens is 617 g/mol. The van der Waals surface area contributed by atoms with Crippen molar-refractivity contribution in [2.45, 2.75) is 11.8 Å². The molecule has 1 nitrogen and oxygen atoms in total. The van der Waals surface area contributed by atoms with Crippen LogP contribution < -0.4 is 4.74 Å². The van der Waals surface area contributed by atoms with Crippen molar-refractivity contribution in [2.75, 3.05) is 0 Å². The average Bonchev–Trinajstić information content (AvgIpc) is 3.49. The van der Waals surface area contributed by atoms with Crippen molar-refractivity contribution in [1.29, 1.82) is 0 Å². The quantitative estimate of drug-likeness (QED) is 0.180. The first-order valence-corrected chi connectivity index (χ1v) is 17.7. The second-order valence-corrected chi connectivity index (χ2v) is 13.6. The fourth-order valence-corrected chi connectivity index (χ4v) is 8.54. The van der Waals surface area contributed by atoms with Crippen molar-refractivity contribution in [1.82, 2.24) is 0 Å². The molecule has 0 amide bonds. The van der Waals surface area contributed by atoms with Gasteiger partial charge < -0.3 is 4.74 Å². The molecule has 0 atom stereocenters. The van der Waals surface area contributed by atoms with E-state index in [2.05, 4.69) is 194 Å². The number of para-hydroxylation sites is 2. The minimum absolute atomic E-state index is 0.517. The van der Waals surface area contributed by atoms with E-state index in [0.29, 0.717) is 0 Å². The van der Waals surface area contributed by atoms with E-state index in [-0.39, 0.29) is 0 Å². The third kappa shape index (κ3) is 4.62. The molecule has 10 rings (SSSR count). The molecule has 0 fully saturated rings. The summed E-state index contributed by atoms with van der Waals surface area (Å²) in [6, 6.07) is 68.3. The number of rotatable bonds is 5. The normalized spacial score (nSPS) is 13.6. The van der Waals surface area contributed by atoms with Gasteiger partial charge in [-0.15, -0.1) is 0 Å². The molecule has 0 radical (unpaired) electrons. The first-order chi connectivity index (χ1) is 25.3. The Bertz CT molecular complexity index is 2570. The van der Waals surface area contributed by atoms with Crippen LogP contribution in [-0.2, 0) is 11.8 Å². The van der Waals surface area contributed by atoms with Crippen molar-refractivity contribution in [3.8, 4) is 33.8 Å². The van der Waals surface area contributed by atoms with Gasteiger partial charge in [0, 0.05) is 11.1 Å². The van der Waals surface area contributed by atoms with Crippen LogP contribution in [0.15, 0.2) is 194 Å². The van der Waals surface area contributed by atoms with Gasteiger partial charge >= 0.3 is 0 Å². The third-order valence-electron chi connectivity index (χ3n) is 10.8. The Hall–Kier alpha value is -6.44. The van der Waals surface area contributed by atoms with Crippen LogP contribution in [0.3, 0.4) is 0 Å². The van der Waals surface area contributed by atoms with Crippen LogP contribution in [0.4, 0.5) is 0 Å². The lowest BCUT2D eigenvalue weighted by Gasteiger charge is -2.39. The van der Waals surface area contributed by atoms with Crippen LogP contribution in [0.25, 0.3) is 38.6 Å². The molecule has 1 heterocycles. The lowest BCUT2D eigenvalue weighted by molar-refractivity contribution is 0.436. The zero-order valence-electron chi connectivity index (χ0n) is 28.1. The number of allylic oxidation sites excluding steroid dienone is 1. The summed E-state index contributed by atoms with van der Waals surface area (Å²) in [5.41, 5.74) is 14.4.